The van der Waals surface area contributed by atoms with E-state index in [1.165, 1.54) is 11.3 Å². The third-order valence-electron chi connectivity index (χ3n) is 1.25. The number of aromatic nitrogens is 1. The predicted molar refractivity (Wildman–Crippen MR) is 43.9 cm³/mol. The minimum atomic E-state index is -0.911. The summed E-state index contributed by atoms with van der Waals surface area (Å²) in [4.78, 5) is 5.29. The second-order valence-corrected chi connectivity index (χ2v) is 4.83. The monoisotopic (exact) mass is 175 g/mol. The molecule has 0 aromatic carbocycles. The summed E-state index contributed by atoms with van der Waals surface area (Å²) >= 11 is 1.51. The van der Waals surface area contributed by atoms with E-state index in [1.54, 1.807) is 6.26 Å². The van der Waals surface area contributed by atoms with Gasteiger partial charge in [-0.05, 0) is 13.8 Å². The molecule has 10 heavy (non-hydrogen) atoms. The van der Waals surface area contributed by atoms with Gasteiger partial charge in [0.05, 0.1) is 16.5 Å². The van der Waals surface area contributed by atoms with Crippen molar-refractivity contribution in [1.82, 2.24) is 4.98 Å². The molecule has 0 aliphatic carbocycles. The molecule has 56 valence electrons. The molecule has 1 rings (SSSR count). The first kappa shape index (κ1) is 7.88. The molecule has 4 heteroatoms. The van der Waals surface area contributed by atoms with Crippen LogP contribution in [0.25, 0.3) is 0 Å². The third-order valence-corrected chi connectivity index (χ3v) is 3.66. The fourth-order valence-corrected chi connectivity index (χ4v) is 2.31. The minimum absolute atomic E-state index is 0.731. The van der Waals surface area contributed by atoms with Gasteiger partial charge >= 0.3 is 0 Å². The smallest absolute Gasteiger partial charge is 0.180 e. The van der Waals surface area contributed by atoms with E-state index in [-0.39, 0.29) is 0 Å². The Labute approximate surface area is 66.8 Å². The Kier molecular flexibility index (Phi) is 2.21. The van der Waals surface area contributed by atoms with E-state index in [9.17, 15) is 4.21 Å². The molecule has 1 unspecified atom stereocenters. The zero-order valence-corrected chi connectivity index (χ0v) is 7.80. The molecule has 0 aliphatic rings. The molecule has 0 fully saturated rings. The summed E-state index contributed by atoms with van der Waals surface area (Å²) in [6.45, 7) is 3.92. The maximum atomic E-state index is 10.9. The average molecular weight is 175 g/mol. The van der Waals surface area contributed by atoms with Crippen LogP contribution in [-0.2, 0) is 10.8 Å². The van der Waals surface area contributed by atoms with E-state index in [1.807, 2.05) is 13.8 Å². The molecule has 0 spiro atoms. The van der Waals surface area contributed by atoms with Gasteiger partial charge in [0.2, 0.25) is 0 Å². The van der Waals surface area contributed by atoms with E-state index in [0.717, 1.165) is 14.9 Å². The lowest BCUT2D eigenvalue weighted by molar-refractivity contribution is 0.686. The van der Waals surface area contributed by atoms with Crippen LogP contribution in [0.5, 0.6) is 0 Å². The number of thiazole rings is 1. The Hall–Kier alpha value is -0.220. The van der Waals surface area contributed by atoms with Gasteiger partial charge in [0.25, 0.3) is 0 Å². The molecule has 2 nitrogen and oxygen atoms in total. The Balaban J connectivity index is 3.10. The summed E-state index contributed by atoms with van der Waals surface area (Å²) in [5.41, 5.74) is 0.996. The first-order valence-corrected chi connectivity index (χ1v) is 5.26. The van der Waals surface area contributed by atoms with Crippen molar-refractivity contribution in [1.29, 1.82) is 0 Å². The van der Waals surface area contributed by atoms with Gasteiger partial charge in [-0.15, -0.1) is 11.3 Å². The molecule has 1 aromatic heterocycles. The van der Waals surface area contributed by atoms with Gasteiger partial charge in [-0.1, -0.05) is 0 Å². The summed E-state index contributed by atoms with van der Waals surface area (Å²) in [6.07, 6.45) is 1.65. The zero-order valence-electron chi connectivity index (χ0n) is 6.17. The lowest BCUT2D eigenvalue weighted by Gasteiger charge is -1.81. The highest BCUT2D eigenvalue weighted by atomic mass is 32.2. The number of nitrogens with zero attached hydrogens (tertiary/aromatic N) is 1. The van der Waals surface area contributed by atoms with Crippen molar-refractivity contribution >= 4 is 22.1 Å². The first-order chi connectivity index (χ1) is 4.61. The summed E-state index contributed by atoms with van der Waals surface area (Å²) < 4.78 is 11.6. The second-order valence-electron chi connectivity index (χ2n) is 2.08. The highest BCUT2D eigenvalue weighted by molar-refractivity contribution is 7.86. The predicted octanol–water partition coefficient (Wildman–Crippen LogP) is 1.50. The Morgan fingerprint density at radius 1 is 1.50 bits per heavy atom. The van der Waals surface area contributed by atoms with Crippen LogP contribution >= 0.6 is 11.3 Å². The number of hydrogen-bond donors (Lipinski definition) is 0. The molecular weight excluding hydrogens is 166 g/mol. The van der Waals surface area contributed by atoms with Gasteiger partial charge in [0, 0.05) is 11.1 Å². The van der Waals surface area contributed by atoms with Crippen molar-refractivity contribution in [3.63, 3.8) is 0 Å². The van der Waals surface area contributed by atoms with Crippen LogP contribution in [0, 0.1) is 13.8 Å². The summed E-state index contributed by atoms with van der Waals surface area (Å²) in [7, 11) is -0.911. The van der Waals surface area contributed by atoms with Gasteiger partial charge in [-0.3, -0.25) is 4.21 Å². The third kappa shape index (κ3) is 1.44. The molecule has 0 saturated carbocycles. The maximum Gasteiger partial charge on any atom is 0.180 e. The lowest BCUT2D eigenvalue weighted by atomic mass is 10.4. The maximum absolute atomic E-state index is 10.9. The topological polar surface area (TPSA) is 30.0 Å². The van der Waals surface area contributed by atoms with Crippen LogP contribution < -0.4 is 0 Å². The van der Waals surface area contributed by atoms with Gasteiger partial charge in [0.15, 0.2) is 4.34 Å². The highest BCUT2D eigenvalue weighted by Gasteiger charge is 2.05. The zero-order chi connectivity index (χ0) is 7.72. The van der Waals surface area contributed by atoms with E-state index >= 15 is 0 Å². The van der Waals surface area contributed by atoms with Gasteiger partial charge in [-0.25, -0.2) is 4.98 Å². The number of rotatable bonds is 1. The van der Waals surface area contributed by atoms with Crippen molar-refractivity contribution < 1.29 is 4.21 Å². The van der Waals surface area contributed by atoms with E-state index < -0.39 is 10.8 Å². The molecule has 0 saturated heterocycles. The molecule has 1 atom stereocenters. The van der Waals surface area contributed by atoms with Gasteiger partial charge in [0.1, 0.15) is 0 Å². The van der Waals surface area contributed by atoms with Crippen LogP contribution in [0.15, 0.2) is 4.34 Å². The van der Waals surface area contributed by atoms with E-state index in [4.69, 9.17) is 0 Å². The van der Waals surface area contributed by atoms with E-state index in [2.05, 4.69) is 4.98 Å². The van der Waals surface area contributed by atoms with Crippen LogP contribution in [0.3, 0.4) is 0 Å². The Morgan fingerprint density at radius 3 is 2.30 bits per heavy atom. The van der Waals surface area contributed by atoms with Gasteiger partial charge < -0.3 is 0 Å². The summed E-state index contributed by atoms with van der Waals surface area (Å²) in [6, 6.07) is 0. The Bertz CT molecular complexity index is 247. The lowest BCUT2D eigenvalue weighted by Crippen LogP contribution is -1.84. The van der Waals surface area contributed by atoms with Crippen LogP contribution in [0.1, 0.15) is 10.6 Å². The fourth-order valence-electron chi connectivity index (χ4n) is 0.566. The SMILES string of the molecule is Cc1nc(S(C)=O)sc1C. The molecule has 0 bridgehead atoms. The van der Waals surface area contributed by atoms with Crippen molar-refractivity contribution in [2.45, 2.75) is 18.2 Å². The first-order valence-electron chi connectivity index (χ1n) is 2.88. The number of aryl methyl sites for hydroxylation is 2. The second kappa shape index (κ2) is 2.80. The molecule has 1 heterocycles. The van der Waals surface area contributed by atoms with Crippen LogP contribution in [0.2, 0.25) is 0 Å². The fraction of sp³-hybridized carbons (Fsp3) is 0.500. The minimum Gasteiger partial charge on any atom is -0.252 e. The highest BCUT2D eigenvalue weighted by Crippen LogP contribution is 2.18. The largest absolute Gasteiger partial charge is 0.252 e. The normalized spacial score (nSPS) is 13.5. The quantitative estimate of drug-likeness (QED) is 0.647. The van der Waals surface area contributed by atoms with Crippen molar-refractivity contribution in [3.8, 4) is 0 Å². The molecular formula is C6H9NOS2. The van der Waals surface area contributed by atoms with Gasteiger partial charge in [-0.2, -0.15) is 0 Å². The summed E-state index contributed by atoms with van der Waals surface area (Å²) in [5, 5.41) is 0. The molecule has 0 amide bonds. The standard InChI is InChI=1S/C6H9NOS2/c1-4-5(2)9-6(7-4)10(3)8/h1-3H3. The van der Waals surface area contributed by atoms with E-state index in [0.29, 0.717) is 0 Å². The van der Waals surface area contributed by atoms with Crippen LogP contribution in [-0.4, -0.2) is 15.4 Å². The van der Waals surface area contributed by atoms with Crippen molar-refractivity contribution in [3.05, 3.63) is 10.6 Å². The van der Waals surface area contributed by atoms with Crippen molar-refractivity contribution in [2.24, 2.45) is 0 Å². The molecule has 0 radical (unpaired) electrons. The molecule has 0 aliphatic heterocycles. The van der Waals surface area contributed by atoms with Crippen molar-refractivity contribution in [2.75, 3.05) is 6.26 Å². The number of hydrogen-bond acceptors (Lipinski definition) is 3. The average Bonchev–Trinajstić information content (AvgIpc) is 2.13. The summed E-state index contributed by atoms with van der Waals surface area (Å²) in [5.74, 6) is 0. The Morgan fingerprint density at radius 2 is 2.10 bits per heavy atom. The van der Waals surface area contributed by atoms with Crippen LogP contribution in [0.4, 0.5) is 0 Å². The molecule has 0 N–H and O–H groups in total. The molecule has 1 aromatic rings.